The lowest BCUT2D eigenvalue weighted by molar-refractivity contribution is -0.139. The van der Waals surface area contributed by atoms with Gasteiger partial charge in [0.25, 0.3) is 0 Å². The molecule has 0 spiro atoms. The molecule has 2 N–H and O–H groups in total. The van der Waals surface area contributed by atoms with Gasteiger partial charge >= 0.3 is 12.0 Å². The van der Waals surface area contributed by atoms with E-state index in [0.29, 0.717) is 40.6 Å². The Kier molecular flexibility index (Phi) is 6.52. The van der Waals surface area contributed by atoms with Crippen molar-refractivity contribution in [2.24, 2.45) is 0 Å². The van der Waals surface area contributed by atoms with Crippen LogP contribution in [0.25, 0.3) is 0 Å². The van der Waals surface area contributed by atoms with Gasteiger partial charge in [-0.05, 0) is 31.0 Å². The molecule has 1 aliphatic heterocycles. The molecule has 0 aromatic heterocycles. The number of urea groups is 1. The highest BCUT2D eigenvalue weighted by Gasteiger charge is 2.32. The lowest BCUT2D eigenvalue weighted by Gasteiger charge is -2.28. The Balaban J connectivity index is 2.37. The number of alkyl halides is 1. The molecule has 25 heavy (non-hydrogen) atoms. The monoisotopic (exact) mass is 368 g/mol. The largest absolute Gasteiger partial charge is 0.493 e. The maximum Gasteiger partial charge on any atom is 0.338 e. The second kappa shape index (κ2) is 8.62. The van der Waals surface area contributed by atoms with E-state index in [0.717, 1.165) is 0 Å². The van der Waals surface area contributed by atoms with Crippen molar-refractivity contribution in [3.8, 4) is 11.5 Å². The van der Waals surface area contributed by atoms with E-state index >= 15 is 0 Å². The second-order valence-electron chi connectivity index (χ2n) is 5.36. The molecule has 1 aliphatic rings. The summed E-state index contributed by atoms with van der Waals surface area (Å²) in [7, 11) is 3.05. The van der Waals surface area contributed by atoms with Gasteiger partial charge in [0, 0.05) is 11.6 Å². The highest BCUT2D eigenvalue weighted by molar-refractivity contribution is 6.17. The standard InChI is InChI=1S/C17H21ClN2O5/c1-10-14(16(21)25-8-4-7-18)15(20-17(22)19-10)11-5-6-12(23-2)13(9-11)24-3/h5-6,9,15H,4,7-8H2,1-3H3,(H2,19,20,22)/t15-/m0/s1. The average Bonchev–Trinajstić information content (AvgIpc) is 2.60. The minimum absolute atomic E-state index is 0.214. The Morgan fingerprint density at radius 1 is 1.24 bits per heavy atom. The van der Waals surface area contributed by atoms with Crippen LogP contribution in [0.2, 0.25) is 0 Å². The molecule has 0 fully saturated rings. The maximum atomic E-state index is 12.5. The molecule has 8 heteroatoms. The number of allylic oxidation sites excluding steroid dienone is 1. The Labute approximate surface area is 151 Å². The highest BCUT2D eigenvalue weighted by Crippen LogP contribution is 2.34. The Hall–Kier alpha value is -2.41. The van der Waals surface area contributed by atoms with E-state index in [9.17, 15) is 9.59 Å². The molecule has 136 valence electrons. The lowest BCUT2D eigenvalue weighted by Crippen LogP contribution is -2.45. The molecule has 0 bridgehead atoms. The zero-order valence-electron chi connectivity index (χ0n) is 14.3. The fourth-order valence-corrected chi connectivity index (χ4v) is 2.65. The van der Waals surface area contributed by atoms with E-state index in [1.165, 1.54) is 14.2 Å². The fourth-order valence-electron chi connectivity index (χ4n) is 2.54. The van der Waals surface area contributed by atoms with E-state index in [2.05, 4.69) is 10.6 Å². The zero-order chi connectivity index (χ0) is 18.4. The second-order valence-corrected chi connectivity index (χ2v) is 5.74. The highest BCUT2D eigenvalue weighted by atomic mass is 35.5. The molecule has 2 rings (SSSR count). The van der Waals surface area contributed by atoms with Gasteiger partial charge in [0.05, 0.1) is 32.4 Å². The quantitative estimate of drug-likeness (QED) is 0.439. The van der Waals surface area contributed by atoms with Gasteiger partial charge in [0.15, 0.2) is 11.5 Å². The van der Waals surface area contributed by atoms with Crippen LogP contribution in [0.5, 0.6) is 11.5 Å². The van der Waals surface area contributed by atoms with Crippen LogP contribution in [-0.2, 0) is 9.53 Å². The fraction of sp³-hybridized carbons (Fsp3) is 0.412. The predicted molar refractivity (Wildman–Crippen MR) is 93.0 cm³/mol. The average molecular weight is 369 g/mol. The number of amides is 2. The molecule has 7 nitrogen and oxygen atoms in total. The minimum atomic E-state index is -0.656. The maximum absolute atomic E-state index is 12.5. The third-order valence-corrected chi connectivity index (χ3v) is 4.01. The number of halogens is 1. The molecule has 0 unspecified atom stereocenters. The van der Waals surface area contributed by atoms with Crippen LogP contribution in [0, 0.1) is 0 Å². The number of rotatable bonds is 7. The van der Waals surface area contributed by atoms with Gasteiger partial charge in [0.2, 0.25) is 0 Å². The van der Waals surface area contributed by atoms with Gasteiger partial charge in [-0.2, -0.15) is 0 Å². The molecule has 1 aromatic rings. The van der Waals surface area contributed by atoms with Gasteiger partial charge in [-0.3, -0.25) is 0 Å². The number of hydrogen-bond donors (Lipinski definition) is 2. The van der Waals surface area contributed by atoms with Gasteiger partial charge in [-0.15, -0.1) is 11.6 Å². The number of ether oxygens (including phenoxy) is 3. The SMILES string of the molecule is COc1ccc([C@@H]2NC(=O)NC(C)=C2C(=O)OCCCCl)cc1OC. The number of hydrogen-bond acceptors (Lipinski definition) is 5. The van der Waals surface area contributed by atoms with Crippen LogP contribution < -0.4 is 20.1 Å². The lowest BCUT2D eigenvalue weighted by atomic mass is 9.95. The third-order valence-electron chi connectivity index (χ3n) is 3.74. The van der Waals surface area contributed by atoms with E-state index in [4.69, 9.17) is 25.8 Å². The summed E-state index contributed by atoms with van der Waals surface area (Å²) in [6, 6.07) is 4.14. The van der Waals surface area contributed by atoms with Crippen molar-refractivity contribution in [3.05, 3.63) is 35.0 Å². The zero-order valence-corrected chi connectivity index (χ0v) is 15.1. The first-order valence-electron chi connectivity index (χ1n) is 7.75. The number of esters is 1. The Morgan fingerprint density at radius 2 is 1.96 bits per heavy atom. The van der Waals surface area contributed by atoms with Crippen molar-refractivity contribution in [2.75, 3.05) is 26.7 Å². The summed E-state index contributed by atoms with van der Waals surface area (Å²) in [5.74, 6) is 0.952. The van der Waals surface area contributed by atoms with Crippen LogP contribution in [0.4, 0.5) is 4.79 Å². The van der Waals surface area contributed by atoms with Crippen molar-refractivity contribution in [3.63, 3.8) is 0 Å². The van der Waals surface area contributed by atoms with Gasteiger partial charge in [-0.25, -0.2) is 9.59 Å². The summed E-state index contributed by atoms with van der Waals surface area (Å²) in [4.78, 5) is 24.4. The first kappa shape index (κ1) is 18.9. The van der Waals surface area contributed by atoms with Crippen LogP contribution in [-0.4, -0.2) is 38.7 Å². The molecular formula is C17H21ClN2O5. The predicted octanol–water partition coefficient (Wildman–Crippen LogP) is 2.50. The summed E-state index contributed by atoms with van der Waals surface area (Å²) in [6.45, 7) is 1.87. The Bertz CT molecular complexity index is 690. The third kappa shape index (κ3) is 4.36. The number of nitrogens with one attached hydrogen (secondary N) is 2. The van der Waals surface area contributed by atoms with Crippen molar-refractivity contribution in [1.82, 2.24) is 10.6 Å². The molecule has 0 saturated carbocycles. The van der Waals surface area contributed by atoms with E-state index in [1.807, 2.05) is 0 Å². The summed E-state index contributed by atoms with van der Waals surface area (Å²) >= 11 is 5.61. The number of carbonyl (C=O) groups is 2. The van der Waals surface area contributed by atoms with Crippen LogP contribution in [0.1, 0.15) is 24.9 Å². The van der Waals surface area contributed by atoms with Crippen molar-refractivity contribution in [2.45, 2.75) is 19.4 Å². The summed E-state index contributed by atoms with van der Waals surface area (Å²) in [6.07, 6.45) is 0.556. The van der Waals surface area contributed by atoms with Crippen molar-refractivity contribution in [1.29, 1.82) is 0 Å². The molecule has 1 aromatic carbocycles. The summed E-state index contributed by atoms with van der Waals surface area (Å²) < 4.78 is 15.8. The van der Waals surface area contributed by atoms with Crippen molar-refractivity contribution < 1.29 is 23.8 Å². The normalized spacial score (nSPS) is 16.8. The van der Waals surface area contributed by atoms with Crippen LogP contribution in [0.15, 0.2) is 29.5 Å². The molecule has 0 radical (unpaired) electrons. The number of benzene rings is 1. The van der Waals surface area contributed by atoms with Gasteiger partial charge < -0.3 is 24.8 Å². The molecule has 0 saturated heterocycles. The number of methoxy groups -OCH3 is 2. The molecular weight excluding hydrogens is 348 g/mol. The van der Waals surface area contributed by atoms with Crippen LogP contribution >= 0.6 is 11.6 Å². The summed E-state index contributed by atoms with van der Waals surface area (Å²) in [5, 5.41) is 5.34. The molecule has 2 amide bonds. The Morgan fingerprint density at radius 3 is 2.60 bits per heavy atom. The molecule has 1 atom stereocenters. The first-order valence-corrected chi connectivity index (χ1v) is 8.28. The number of carbonyl (C=O) groups excluding carboxylic acids is 2. The first-order chi connectivity index (χ1) is 12.0. The van der Waals surface area contributed by atoms with E-state index in [1.54, 1.807) is 25.1 Å². The smallest absolute Gasteiger partial charge is 0.338 e. The minimum Gasteiger partial charge on any atom is -0.493 e. The van der Waals surface area contributed by atoms with Gasteiger partial charge in [-0.1, -0.05) is 6.07 Å². The van der Waals surface area contributed by atoms with Crippen molar-refractivity contribution >= 4 is 23.6 Å². The van der Waals surface area contributed by atoms with Crippen LogP contribution in [0.3, 0.4) is 0 Å². The molecule has 0 aliphatic carbocycles. The van der Waals surface area contributed by atoms with Gasteiger partial charge in [0.1, 0.15) is 0 Å². The van der Waals surface area contributed by atoms with E-state index < -0.39 is 18.0 Å². The van der Waals surface area contributed by atoms with E-state index in [-0.39, 0.29) is 6.61 Å². The topological polar surface area (TPSA) is 85.9 Å². The summed E-state index contributed by atoms with van der Waals surface area (Å²) in [5.41, 5.74) is 1.46. The molecule has 1 heterocycles.